The van der Waals surface area contributed by atoms with Crippen LogP contribution in [0.3, 0.4) is 0 Å². The first-order valence-electron chi connectivity index (χ1n) is 6.33. The van der Waals surface area contributed by atoms with Crippen molar-refractivity contribution < 1.29 is 14.4 Å². The van der Waals surface area contributed by atoms with Crippen LogP contribution < -0.4 is 11.2 Å². The van der Waals surface area contributed by atoms with Gasteiger partial charge in [0.25, 0.3) is 0 Å². The van der Waals surface area contributed by atoms with Crippen LogP contribution in [-0.2, 0) is 14.4 Å². The number of rotatable bonds is 8. The van der Waals surface area contributed by atoms with E-state index in [9.17, 15) is 4.79 Å². The number of carbonyl (C=O) groups is 1. The molecule has 6 heteroatoms. The first-order chi connectivity index (χ1) is 10.2. The zero-order valence-electron chi connectivity index (χ0n) is 12.5. The Morgan fingerprint density at radius 3 is 2.24 bits per heavy atom. The van der Waals surface area contributed by atoms with Gasteiger partial charge in [0, 0.05) is 13.2 Å². The normalized spacial score (nSPS) is 7.62. The molecule has 21 heavy (non-hydrogen) atoms. The van der Waals surface area contributed by atoms with E-state index in [0.29, 0.717) is 19.8 Å². The van der Waals surface area contributed by atoms with Gasteiger partial charge in [0.2, 0.25) is 5.91 Å². The van der Waals surface area contributed by atoms with Gasteiger partial charge in [0.05, 0.1) is 6.61 Å². The lowest BCUT2D eigenvalue weighted by atomic mass is 10.5. The summed E-state index contributed by atoms with van der Waals surface area (Å²) >= 11 is 4.03. The van der Waals surface area contributed by atoms with Crippen molar-refractivity contribution in [1.82, 2.24) is 5.32 Å². The third-order valence-corrected chi connectivity index (χ3v) is 1.98. The molecule has 0 aromatic carbocycles. The molecule has 0 saturated heterocycles. The second kappa shape index (κ2) is 20.7. The van der Waals surface area contributed by atoms with Crippen molar-refractivity contribution in [2.75, 3.05) is 32.1 Å². The fraction of sp³-hybridized carbons (Fsp3) is 0.533. The zero-order chi connectivity index (χ0) is 16.2. The number of hydrogen-bond donors (Lipinski definition) is 3. The van der Waals surface area contributed by atoms with Gasteiger partial charge in [-0.3, -0.25) is 9.63 Å². The van der Waals surface area contributed by atoms with Gasteiger partial charge in [-0.05, 0) is 49.7 Å². The van der Waals surface area contributed by atoms with Gasteiger partial charge >= 0.3 is 0 Å². The summed E-state index contributed by atoms with van der Waals surface area (Å²) in [5, 5.41) is 2.57. The van der Waals surface area contributed by atoms with Crippen molar-refractivity contribution in [3.63, 3.8) is 0 Å². The highest BCUT2D eigenvalue weighted by Crippen LogP contribution is 1.84. The van der Waals surface area contributed by atoms with E-state index < -0.39 is 0 Å². The van der Waals surface area contributed by atoms with Crippen molar-refractivity contribution in [1.29, 1.82) is 0 Å². The lowest BCUT2D eigenvalue weighted by Crippen LogP contribution is -2.31. The Morgan fingerprint density at radius 1 is 1.14 bits per heavy atom. The van der Waals surface area contributed by atoms with Crippen LogP contribution in [0.1, 0.15) is 20.3 Å². The summed E-state index contributed by atoms with van der Waals surface area (Å²) < 4.78 is 5.17. The van der Waals surface area contributed by atoms with Crippen molar-refractivity contribution in [3.05, 3.63) is 0 Å². The number of nitrogens with two attached hydrogens (primary N) is 1. The molecule has 0 aromatic heterocycles. The predicted octanol–water partition coefficient (Wildman–Crippen LogP) is 0.366. The summed E-state index contributed by atoms with van der Waals surface area (Å²) in [7, 11) is 0. The number of ether oxygens (including phenoxy) is 1. The molecular formula is C15H22N2O3S. The summed E-state index contributed by atoms with van der Waals surface area (Å²) in [6.07, 6.45) is 0.920. The standard InChI is InChI=1S/C8H6.C7H16N2O3S/c1-3-5-7-8-6-4-2;8-12-6-7(10)9-2-4-11-3-1-5-13/h1-2H3;13H,1-6,8H2,(H,9,10). The molecule has 0 saturated carbocycles. The van der Waals surface area contributed by atoms with Crippen LogP contribution in [0.5, 0.6) is 0 Å². The highest BCUT2D eigenvalue weighted by Gasteiger charge is 1.97. The minimum absolute atomic E-state index is 0.114. The smallest absolute Gasteiger partial charge is 0.248 e. The minimum atomic E-state index is -0.236. The molecule has 0 aliphatic rings. The van der Waals surface area contributed by atoms with Crippen LogP contribution in [0.25, 0.3) is 0 Å². The molecule has 0 aliphatic carbocycles. The van der Waals surface area contributed by atoms with E-state index in [0.717, 1.165) is 12.2 Å². The second-order valence-electron chi connectivity index (χ2n) is 3.35. The van der Waals surface area contributed by atoms with Gasteiger partial charge in [-0.15, -0.1) is 0 Å². The topological polar surface area (TPSA) is 73.6 Å². The number of carbonyl (C=O) groups excluding carboxylic acids is 1. The quantitative estimate of drug-likeness (QED) is 0.262. The highest BCUT2D eigenvalue weighted by molar-refractivity contribution is 7.80. The fourth-order valence-electron chi connectivity index (χ4n) is 0.846. The van der Waals surface area contributed by atoms with Gasteiger partial charge in [-0.25, -0.2) is 5.90 Å². The molecule has 1 amide bonds. The molecule has 0 fully saturated rings. The maximum atomic E-state index is 10.7. The van der Waals surface area contributed by atoms with E-state index >= 15 is 0 Å². The Labute approximate surface area is 132 Å². The molecule has 0 aliphatic heterocycles. The Kier molecular flexibility index (Phi) is 21.4. The first kappa shape index (κ1) is 21.7. The molecule has 0 spiro atoms. The van der Waals surface area contributed by atoms with E-state index in [1.54, 1.807) is 13.8 Å². The first-order valence-corrected chi connectivity index (χ1v) is 6.96. The molecule has 0 heterocycles. The summed E-state index contributed by atoms with van der Waals surface area (Å²) in [6, 6.07) is 0. The van der Waals surface area contributed by atoms with E-state index in [-0.39, 0.29) is 12.5 Å². The van der Waals surface area contributed by atoms with E-state index in [1.165, 1.54) is 0 Å². The molecule has 0 bridgehead atoms. The van der Waals surface area contributed by atoms with Crippen molar-refractivity contribution in [2.24, 2.45) is 5.90 Å². The number of hydrogen-bond acceptors (Lipinski definition) is 5. The van der Waals surface area contributed by atoms with Crippen molar-refractivity contribution >= 4 is 18.5 Å². The van der Waals surface area contributed by atoms with Gasteiger partial charge in [0.1, 0.15) is 6.61 Å². The molecule has 0 radical (unpaired) electrons. The number of thiol groups is 1. The van der Waals surface area contributed by atoms with Crippen molar-refractivity contribution in [3.8, 4) is 35.5 Å². The number of nitrogens with one attached hydrogen (secondary N) is 1. The minimum Gasteiger partial charge on any atom is -0.380 e. The van der Waals surface area contributed by atoms with Crippen LogP contribution in [-0.4, -0.2) is 38.0 Å². The van der Waals surface area contributed by atoms with Gasteiger partial charge < -0.3 is 10.1 Å². The zero-order valence-corrected chi connectivity index (χ0v) is 13.4. The average Bonchev–Trinajstić information content (AvgIpc) is 2.48. The Bertz CT molecular complexity index is 409. The SMILES string of the molecule is CC#CC#CC#CC.NOCC(=O)NCCOCCCS. The van der Waals surface area contributed by atoms with E-state index in [1.807, 2.05) is 0 Å². The third-order valence-electron chi connectivity index (χ3n) is 1.67. The van der Waals surface area contributed by atoms with Crippen molar-refractivity contribution in [2.45, 2.75) is 20.3 Å². The largest absolute Gasteiger partial charge is 0.380 e. The maximum absolute atomic E-state index is 10.7. The van der Waals surface area contributed by atoms with Crippen LogP contribution in [0, 0.1) is 35.5 Å². The summed E-state index contributed by atoms with van der Waals surface area (Å²) in [5.41, 5.74) is 0. The monoisotopic (exact) mass is 310 g/mol. The van der Waals surface area contributed by atoms with Gasteiger partial charge in [-0.1, -0.05) is 11.8 Å². The van der Waals surface area contributed by atoms with Gasteiger partial charge in [0.15, 0.2) is 0 Å². The summed E-state index contributed by atoms with van der Waals surface area (Å²) in [4.78, 5) is 14.9. The Morgan fingerprint density at radius 2 is 1.76 bits per heavy atom. The molecule has 0 aromatic rings. The molecule has 5 nitrogen and oxygen atoms in total. The fourth-order valence-corrected chi connectivity index (χ4v) is 0.975. The van der Waals surface area contributed by atoms with Crippen LogP contribution >= 0.6 is 12.6 Å². The molecule has 0 atom stereocenters. The molecule has 0 unspecified atom stereocenters. The lowest BCUT2D eigenvalue weighted by Gasteiger charge is -2.04. The van der Waals surface area contributed by atoms with E-state index in [4.69, 9.17) is 10.6 Å². The maximum Gasteiger partial charge on any atom is 0.248 e. The number of amides is 1. The van der Waals surface area contributed by atoms with Gasteiger partial charge in [-0.2, -0.15) is 12.6 Å². The summed E-state index contributed by atoms with van der Waals surface area (Å²) in [5.74, 6) is 20.8. The van der Waals surface area contributed by atoms with Crippen LogP contribution in [0.15, 0.2) is 0 Å². The van der Waals surface area contributed by atoms with Crippen LogP contribution in [0.4, 0.5) is 0 Å². The van der Waals surface area contributed by atoms with Crippen LogP contribution in [0.2, 0.25) is 0 Å². The Hall–Kier alpha value is -1.62. The molecular weight excluding hydrogens is 288 g/mol. The highest BCUT2D eigenvalue weighted by atomic mass is 32.1. The third kappa shape index (κ3) is 23.8. The Balaban J connectivity index is 0. The van der Waals surface area contributed by atoms with E-state index in [2.05, 4.69) is 58.3 Å². The lowest BCUT2D eigenvalue weighted by molar-refractivity contribution is -0.126. The molecule has 0 rings (SSSR count). The summed E-state index contributed by atoms with van der Waals surface area (Å²) in [6.45, 7) is 5.03. The molecule has 3 N–H and O–H groups in total. The molecule has 116 valence electrons. The average molecular weight is 310 g/mol. The predicted molar refractivity (Wildman–Crippen MR) is 87.1 cm³/mol. The second-order valence-corrected chi connectivity index (χ2v) is 3.80.